The van der Waals surface area contributed by atoms with Gasteiger partial charge in [0.25, 0.3) is 5.91 Å². The van der Waals surface area contributed by atoms with Crippen molar-refractivity contribution in [1.82, 2.24) is 15.1 Å². The number of amides is 1. The van der Waals surface area contributed by atoms with Crippen molar-refractivity contribution in [3.63, 3.8) is 0 Å². The maximum Gasteiger partial charge on any atom is 0.256 e. The molecule has 2 heterocycles. The number of anilines is 1. The van der Waals surface area contributed by atoms with Crippen molar-refractivity contribution >= 4 is 11.7 Å². The van der Waals surface area contributed by atoms with Gasteiger partial charge in [0.1, 0.15) is 5.82 Å². The molecular weight excluding hydrogens is 328 g/mol. The average Bonchev–Trinajstić information content (AvgIpc) is 3.33. The van der Waals surface area contributed by atoms with Crippen LogP contribution in [0.3, 0.4) is 0 Å². The number of aromatic nitrogens is 3. The zero-order valence-electron chi connectivity index (χ0n) is 14.6. The predicted molar refractivity (Wildman–Crippen MR) is 97.9 cm³/mol. The highest BCUT2D eigenvalue weighted by Gasteiger charge is 2.23. The van der Waals surface area contributed by atoms with Gasteiger partial charge in [-0.1, -0.05) is 36.2 Å². The minimum atomic E-state index is -0.200. The molecule has 0 spiro atoms. The quantitative estimate of drug-likeness (QED) is 0.758. The molecule has 0 unspecified atom stereocenters. The number of hydrogen-bond donors (Lipinski definition) is 1. The standard InChI is InChI=1S/C20H20N4O2/c1-13-5-4-8-17(21-13)22-19(25)15-11-9-14(10-12-15)18-23-20(26-24-18)16-6-2-3-7-16/h4-5,8-12,16H,2-3,6-7H2,1H3,(H,21,22,25). The van der Waals surface area contributed by atoms with Crippen molar-refractivity contribution in [2.45, 2.75) is 38.5 Å². The summed E-state index contributed by atoms with van der Waals surface area (Å²) in [5.41, 5.74) is 2.24. The van der Waals surface area contributed by atoms with Crippen molar-refractivity contribution in [3.8, 4) is 11.4 Å². The molecule has 0 atom stereocenters. The zero-order chi connectivity index (χ0) is 17.9. The Labute approximate surface area is 151 Å². The second-order valence-corrected chi connectivity index (χ2v) is 6.63. The molecule has 6 nitrogen and oxygen atoms in total. The number of pyridine rings is 1. The second-order valence-electron chi connectivity index (χ2n) is 6.63. The molecule has 1 aliphatic rings. The van der Waals surface area contributed by atoms with E-state index < -0.39 is 0 Å². The third-order valence-electron chi connectivity index (χ3n) is 4.68. The Kier molecular flexibility index (Phi) is 4.48. The number of aryl methyl sites for hydroxylation is 1. The van der Waals surface area contributed by atoms with Crippen LogP contribution in [0.15, 0.2) is 47.0 Å². The van der Waals surface area contributed by atoms with E-state index in [1.165, 1.54) is 12.8 Å². The van der Waals surface area contributed by atoms with Gasteiger partial charge in [0.05, 0.1) is 0 Å². The van der Waals surface area contributed by atoms with E-state index in [9.17, 15) is 4.79 Å². The Bertz CT molecular complexity index is 912. The van der Waals surface area contributed by atoms with Gasteiger partial charge in [0, 0.05) is 22.7 Å². The van der Waals surface area contributed by atoms with E-state index in [4.69, 9.17) is 4.52 Å². The van der Waals surface area contributed by atoms with E-state index in [-0.39, 0.29) is 5.91 Å². The van der Waals surface area contributed by atoms with E-state index in [0.717, 1.165) is 30.0 Å². The first-order valence-corrected chi connectivity index (χ1v) is 8.88. The van der Waals surface area contributed by atoms with E-state index in [1.54, 1.807) is 18.2 Å². The van der Waals surface area contributed by atoms with Crippen LogP contribution in [0.4, 0.5) is 5.82 Å². The summed E-state index contributed by atoms with van der Waals surface area (Å²) < 4.78 is 5.42. The molecule has 3 aromatic rings. The lowest BCUT2D eigenvalue weighted by Gasteiger charge is -2.05. The second kappa shape index (κ2) is 7.07. The van der Waals surface area contributed by atoms with Crippen LogP contribution in [0.25, 0.3) is 11.4 Å². The van der Waals surface area contributed by atoms with Crippen LogP contribution in [0.1, 0.15) is 53.5 Å². The largest absolute Gasteiger partial charge is 0.339 e. The van der Waals surface area contributed by atoms with E-state index in [1.807, 2.05) is 31.2 Å². The van der Waals surface area contributed by atoms with E-state index in [0.29, 0.717) is 23.1 Å². The normalized spacial score (nSPS) is 14.5. The number of nitrogens with zero attached hydrogens (tertiary/aromatic N) is 3. The van der Waals surface area contributed by atoms with Crippen LogP contribution >= 0.6 is 0 Å². The fourth-order valence-corrected chi connectivity index (χ4v) is 3.26. The summed E-state index contributed by atoms with van der Waals surface area (Å²) >= 11 is 0. The van der Waals surface area contributed by atoms with Crippen LogP contribution < -0.4 is 5.32 Å². The van der Waals surface area contributed by atoms with Crippen LogP contribution in [-0.2, 0) is 0 Å². The molecule has 0 bridgehead atoms. The molecule has 1 fully saturated rings. The minimum Gasteiger partial charge on any atom is -0.339 e. The minimum absolute atomic E-state index is 0.200. The van der Waals surface area contributed by atoms with Crippen molar-refractivity contribution in [2.75, 3.05) is 5.32 Å². The Morgan fingerprint density at radius 2 is 1.85 bits per heavy atom. The molecular formula is C20H20N4O2. The lowest BCUT2D eigenvalue weighted by molar-refractivity contribution is 0.102. The van der Waals surface area contributed by atoms with Gasteiger partial charge >= 0.3 is 0 Å². The Balaban J connectivity index is 1.47. The third-order valence-corrected chi connectivity index (χ3v) is 4.68. The van der Waals surface area contributed by atoms with Gasteiger partial charge in [-0.15, -0.1) is 0 Å². The van der Waals surface area contributed by atoms with Gasteiger partial charge < -0.3 is 9.84 Å². The van der Waals surface area contributed by atoms with Gasteiger partial charge in [-0.2, -0.15) is 4.98 Å². The van der Waals surface area contributed by atoms with Gasteiger partial charge in [-0.3, -0.25) is 4.79 Å². The monoisotopic (exact) mass is 348 g/mol. The summed E-state index contributed by atoms with van der Waals surface area (Å²) in [5.74, 6) is 2.03. The molecule has 1 aromatic carbocycles. The van der Waals surface area contributed by atoms with Crippen LogP contribution in [0, 0.1) is 6.92 Å². The smallest absolute Gasteiger partial charge is 0.256 e. The molecule has 1 N–H and O–H groups in total. The number of nitrogens with one attached hydrogen (secondary N) is 1. The molecule has 2 aromatic heterocycles. The fraction of sp³-hybridized carbons (Fsp3) is 0.300. The molecule has 0 aliphatic heterocycles. The van der Waals surface area contributed by atoms with E-state index in [2.05, 4.69) is 20.4 Å². The topological polar surface area (TPSA) is 80.9 Å². The van der Waals surface area contributed by atoms with Crippen molar-refractivity contribution < 1.29 is 9.32 Å². The molecule has 1 amide bonds. The summed E-state index contributed by atoms with van der Waals surface area (Å²) in [7, 11) is 0. The highest BCUT2D eigenvalue weighted by molar-refractivity contribution is 6.03. The molecule has 4 rings (SSSR count). The first-order chi connectivity index (χ1) is 12.7. The maximum atomic E-state index is 12.4. The van der Waals surface area contributed by atoms with Gasteiger partial charge in [0.15, 0.2) is 0 Å². The number of rotatable bonds is 4. The summed E-state index contributed by atoms with van der Waals surface area (Å²) in [4.78, 5) is 21.2. The third kappa shape index (κ3) is 3.49. The lowest BCUT2D eigenvalue weighted by Crippen LogP contribution is -2.13. The van der Waals surface area contributed by atoms with Crippen molar-refractivity contribution in [1.29, 1.82) is 0 Å². The maximum absolute atomic E-state index is 12.4. The number of benzene rings is 1. The summed E-state index contributed by atoms with van der Waals surface area (Å²) in [5, 5.41) is 6.89. The van der Waals surface area contributed by atoms with Crippen LogP contribution in [0.5, 0.6) is 0 Å². The first-order valence-electron chi connectivity index (χ1n) is 8.88. The first kappa shape index (κ1) is 16.4. The Morgan fingerprint density at radius 1 is 1.08 bits per heavy atom. The van der Waals surface area contributed by atoms with E-state index >= 15 is 0 Å². The molecule has 132 valence electrons. The van der Waals surface area contributed by atoms with Crippen molar-refractivity contribution in [3.05, 3.63) is 59.6 Å². The molecule has 1 saturated carbocycles. The van der Waals surface area contributed by atoms with Crippen molar-refractivity contribution in [2.24, 2.45) is 0 Å². The highest BCUT2D eigenvalue weighted by Crippen LogP contribution is 2.33. The number of hydrogen-bond acceptors (Lipinski definition) is 5. The fourth-order valence-electron chi connectivity index (χ4n) is 3.26. The Hall–Kier alpha value is -3.02. The SMILES string of the molecule is Cc1cccc(NC(=O)c2ccc(-c3noc(C4CCCC4)n3)cc2)n1. The summed E-state index contributed by atoms with van der Waals surface area (Å²) in [6, 6.07) is 12.7. The lowest BCUT2D eigenvalue weighted by atomic mass is 10.1. The number of carbonyl (C=O) groups excluding carboxylic acids is 1. The predicted octanol–water partition coefficient (Wildman–Crippen LogP) is 4.35. The molecule has 6 heteroatoms. The Morgan fingerprint density at radius 3 is 2.58 bits per heavy atom. The highest BCUT2D eigenvalue weighted by atomic mass is 16.5. The summed E-state index contributed by atoms with van der Waals surface area (Å²) in [6.45, 7) is 1.88. The van der Waals surface area contributed by atoms with Gasteiger partial charge in [0.2, 0.25) is 11.7 Å². The number of carbonyl (C=O) groups is 1. The molecule has 26 heavy (non-hydrogen) atoms. The zero-order valence-corrected chi connectivity index (χ0v) is 14.6. The summed E-state index contributed by atoms with van der Waals surface area (Å²) in [6.07, 6.45) is 4.69. The van der Waals surface area contributed by atoms with Gasteiger partial charge in [-0.25, -0.2) is 4.98 Å². The average molecular weight is 348 g/mol. The van der Waals surface area contributed by atoms with Gasteiger partial charge in [-0.05, 0) is 44.0 Å². The molecule has 0 radical (unpaired) electrons. The molecule has 1 aliphatic carbocycles. The molecule has 0 saturated heterocycles. The van der Waals surface area contributed by atoms with Crippen LogP contribution in [0.2, 0.25) is 0 Å². The van der Waals surface area contributed by atoms with Crippen LogP contribution in [-0.4, -0.2) is 21.0 Å².